The molecule has 29 heavy (non-hydrogen) atoms. The van der Waals surface area contributed by atoms with E-state index in [1.165, 1.54) is 6.07 Å². The average molecular weight is 451 g/mol. The Morgan fingerprint density at radius 3 is 2.59 bits per heavy atom. The molecule has 0 unspecified atom stereocenters. The molecule has 4 rings (SSSR count). The van der Waals surface area contributed by atoms with E-state index in [9.17, 15) is 9.59 Å². The van der Waals surface area contributed by atoms with Crippen LogP contribution in [0.15, 0.2) is 77.0 Å². The highest BCUT2D eigenvalue weighted by molar-refractivity contribution is 9.10. The van der Waals surface area contributed by atoms with Crippen molar-refractivity contribution in [3.05, 3.63) is 93.7 Å². The Labute approximate surface area is 175 Å². The molecule has 0 spiro atoms. The Hall–Kier alpha value is -3.38. The van der Waals surface area contributed by atoms with Gasteiger partial charge in [0.15, 0.2) is 5.76 Å². The zero-order valence-electron chi connectivity index (χ0n) is 15.3. The van der Waals surface area contributed by atoms with Crippen LogP contribution in [0.1, 0.15) is 26.3 Å². The molecule has 0 amide bonds. The highest BCUT2D eigenvalue weighted by Crippen LogP contribution is 2.36. The number of esters is 1. The number of hydrogen-bond donors (Lipinski definition) is 0. The molecule has 5 nitrogen and oxygen atoms in total. The van der Waals surface area contributed by atoms with E-state index >= 15 is 0 Å². The maximum absolute atomic E-state index is 12.7. The van der Waals surface area contributed by atoms with Crippen molar-refractivity contribution in [2.45, 2.75) is 0 Å². The molecule has 1 aliphatic heterocycles. The molecule has 0 saturated heterocycles. The van der Waals surface area contributed by atoms with Gasteiger partial charge >= 0.3 is 5.97 Å². The number of carbonyl (C=O) groups excluding carboxylic acids is 2. The summed E-state index contributed by atoms with van der Waals surface area (Å²) >= 11 is 3.33. The first-order chi connectivity index (χ1) is 14.1. The quantitative estimate of drug-likeness (QED) is 0.306. The van der Waals surface area contributed by atoms with Crippen LogP contribution in [-0.2, 0) is 0 Å². The second-order valence-electron chi connectivity index (χ2n) is 6.21. The molecule has 0 bridgehead atoms. The van der Waals surface area contributed by atoms with Gasteiger partial charge < -0.3 is 14.2 Å². The summed E-state index contributed by atoms with van der Waals surface area (Å²) in [6.45, 7) is 0. The Morgan fingerprint density at radius 1 is 1.03 bits per heavy atom. The molecule has 1 aliphatic rings. The largest absolute Gasteiger partial charge is 0.496 e. The maximum Gasteiger partial charge on any atom is 0.344 e. The lowest BCUT2D eigenvalue weighted by atomic mass is 10.1. The maximum atomic E-state index is 12.7. The smallest absolute Gasteiger partial charge is 0.344 e. The van der Waals surface area contributed by atoms with Crippen molar-refractivity contribution >= 4 is 33.8 Å². The number of allylic oxidation sites excluding steroid dienone is 1. The van der Waals surface area contributed by atoms with Crippen molar-refractivity contribution in [2.75, 3.05) is 7.11 Å². The zero-order valence-corrected chi connectivity index (χ0v) is 16.9. The summed E-state index contributed by atoms with van der Waals surface area (Å²) in [7, 11) is 1.56. The highest BCUT2D eigenvalue weighted by Gasteiger charge is 2.28. The van der Waals surface area contributed by atoms with Crippen LogP contribution in [0.5, 0.6) is 17.2 Å². The molecule has 0 fully saturated rings. The third kappa shape index (κ3) is 3.79. The molecule has 1 heterocycles. The summed E-state index contributed by atoms with van der Waals surface area (Å²) < 4.78 is 17.1. The molecule has 3 aromatic rings. The third-order valence-electron chi connectivity index (χ3n) is 4.37. The van der Waals surface area contributed by atoms with Crippen LogP contribution in [0.3, 0.4) is 0 Å². The van der Waals surface area contributed by atoms with Gasteiger partial charge in [-0.15, -0.1) is 0 Å². The van der Waals surface area contributed by atoms with E-state index in [1.54, 1.807) is 49.6 Å². The van der Waals surface area contributed by atoms with Crippen molar-refractivity contribution in [1.82, 2.24) is 0 Å². The van der Waals surface area contributed by atoms with Crippen molar-refractivity contribution in [1.29, 1.82) is 0 Å². The van der Waals surface area contributed by atoms with E-state index in [-0.39, 0.29) is 17.3 Å². The normalized spacial score (nSPS) is 13.7. The second kappa shape index (κ2) is 7.93. The molecule has 144 valence electrons. The topological polar surface area (TPSA) is 61.8 Å². The minimum atomic E-state index is -0.508. The number of carbonyl (C=O) groups is 2. The van der Waals surface area contributed by atoms with Gasteiger partial charge in [-0.3, -0.25) is 4.79 Å². The van der Waals surface area contributed by atoms with E-state index in [0.717, 1.165) is 5.56 Å². The number of hydrogen-bond acceptors (Lipinski definition) is 5. The number of para-hydroxylation sites is 1. The van der Waals surface area contributed by atoms with E-state index in [0.29, 0.717) is 27.1 Å². The minimum Gasteiger partial charge on any atom is -0.496 e. The molecule has 0 aromatic heterocycles. The fourth-order valence-electron chi connectivity index (χ4n) is 2.95. The first-order valence-corrected chi connectivity index (χ1v) is 9.54. The first kappa shape index (κ1) is 19.0. The van der Waals surface area contributed by atoms with E-state index in [1.807, 2.05) is 24.3 Å². The van der Waals surface area contributed by atoms with Crippen LogP contribution >= 0.6 is 15.9 Å². The van der Waals surface area contributed by atoms with Gasteiger partial charge in [0.05, 0.1) is 18.2 Å². The number of fused-ring (bicyclic) bond motifs is 1. The lowest BCUT2D eigenvalue weighted by molar-refractivity contribution is 0.0733. The molecule has 0 radical (unpaired) electrons. The number of Topliss-reactive ketones (excluding diaryl/α,β-unsaturated/α-hetero) is 1. The van der Waals surface area contributed by atoms with Crippen LogP contribution in [-0.4, -0.2) is 18.9 Å². The highest BCUT2D eigenvalue weighted by atomic mass is 79.9. The number of methoxy groups -OCH3 is 1. The number of halogens is 1. The van der Waals surface area contributed by atoms with E-state index in [4.69, 9.17) is 14.2 Å². The minimum absolute atomic E-state index is 0.179. The number of rotatable bonds is 4. The van der Waals surface area contributed by atoms with Crippen molar-refractivity contribution in [2.24, 2.45) is 0 Å². The van der Waals surface area contributed by atoms with Crippen LogP contribution in [0.4, 0.5) is 0 Å². The zero-order chi connectivity index (χ0) is 20.4. The average Bonchev–Trinajstić information content (AvgIpc) is 3.03. The molecule has 6 heteroatoms. The van der Waals surface area contributed by atoms with Gasteiger partial charge in [0.2, 0.25) is 5.78 Å². The summed E-state index contributed by atoms with van der Waals surface area (Å²) in [5.41, 5.74) is 1.54. The lowest BCUT2D eigenvalue weighted by Crippen LogP contribution is -2.09. The Morgan fingerprint density at radius 2 is 1.79 bits per heavy atom. The summed E-state index contributed by atoms with van der Waals surface area (Å²) in [6, 6.07) is 19.0. The molecule has 3 aromatic carbocycles. The van der Waals surface area contributed by atoms with Crippen molar-refractivity contribution < 1.29 is 23.8 Å². The Bertz CT molecular complexity index is 1150. The molecular weight excluding hydrogens is 436 g/mol. The third-order valence-corrected chi connectivity index (χ3v) is 5.06. The standard InChI is InChI=1S/C23H15BrO5/c1-27-19-9-5-2-6-14(19)12-21-22(25)17-11-10-15(13-20(17)29-21)28-23(26)16-7-3-4-8-18(16)24/h2-13H,1H3. The van der Waals surface area contributed by atoms with E-state index in [2.05, 4.69) is 15.9 Å². The predicted octanol–water partition coefficient (Wildman–Crippen LogP) is 5.29. The van der Waals surface area contributed by atoms with Gasteiger partial charge in [0.25, 0.3) is 0 Å². The monoisotopic (exact) mass is 450 g/mol. The van der Waals surface area contributed by atoms with Crippen LogP contribution < -0.4 is 14.2 Å². The molecule has 0 aliphatic carbocycles. The molecule has 0 N–H and O–H groups in total. The lowest BCUT2D eigenvalue weighted by Gasteiger charge is -2.07. The molecule has 0 atom stereocenters. The van der Waals surface area contributed by atoms with Gasteiger partial charge in [-0.05, 0) is 52.3 Å². The summed E-state index contributed by atoms with van der Waals surface area (Å²) in [5.74, 6) is 0.694. The fraction of sp³-hybridized carbons (Fsp3) is 0.0435. The van der Waals surface area contributed by atoms with Gasteiger partial charge in [-0.25, -0.2) is 4.79 Å². The summed E-state index contributed by atoms with van der Waals surface area (Å²) in [5, 5.41) is 0. The summed E-state index contributed by atoms with van der Waals surface area (Å²) in [4.78, 5) is 25.0. The molecule has 0 saturated carbocycles. The van der Waals surface area contributed by atoms with Gasteiger partial charge in [0.1, 0.15) is 17.2 Å². The van der Waals surface area contributed by atoms with Crippen LogP contribution in [0, 0.1) is 0 Å². The van der Waals surface area contributed by atoms with Crippen LogP contribution in [0.25, 0.3) is 6.08 Å². The second-order valence-corrected chi connectivity index (χ2v) is 7.06. The number of ketones is 1. The van der Waals surface area contributed by atoms with Crippen LogP contribution in [0.2, 0.25) is 0 Å². The van der Waals surface area contributed by atoms with Crippen molar-refractivity contribution in [3.8, 4) is 17.2 Å². The van der Waals surface area contributed by atoms with Gasteiger partial charge in [0, 0.05) is 16.1 Å². The Balaban J connectivity index is 1.58. The van der Waals surface area contributed by atoms with E-state index < -0.39 is 5.97 Å². The number of ether oxygens (including phenoxy) is 3. The first-order valence-electron chi connectivity index (χ1n) is 8.75. The van der Waals surface area contributed by atoms with Gasteiger partial charge in [-0.1, -0.05) is 30.3 Å². The SMILES string of the molecule is COc1ccccc1C=C1Oc2cc(OC(=O)c3ccccc3Br)ccc2C1=O. The Kier molecular flexibility index (Phi) is 5.18. The fourth-order valence-corrected chi connectivity index (χ4v) is 3.39. The summed E-state index contributed by atoms with van der Waals surface area (Å²) in [6.07, 6.45) is 1.63. The predicted molar refractivity (Wildman–Crippen MR) is 111 cm³/mol. The van der Waals surface area contributed by atoms with Crippen molar-refractivity contribution in [3.63, 3.8) is 0 Å². The van der Waals surface area contributed by atoms with Gasteiger partial charge in [-0.2, -0.15) is 0 Å². The molecular formula is C23H15BrO5. The number of benzene rings is 3.